The summed E-state index contributed by atoms with van der Waals surface area (Å²) in [5.41, 5.74) is 8.75. The number of halogens is 4. The average Bonchev–Trinajstić information content (AvgIpc) is 3.64. The van der Waals surface area contributed by atoms with Crippen molar-refractivity contribution in [3.05, 3.63) is 137 Å². The van der Waals surface area contributed by atoms with E-state index in [0.717, 1.165) is 0 Å². The highest BCUT2D eigenvalue weighted by molar-refractivity contribution is 6.37. The molecule has 0 saturated carbocycles. The van der Waals surface area contributed by atoms with Crippen LogP contribution in [-0.4, -0.2) is 35.1 Å². The van der Waals surface area contributed by atoms with Gasteiger partial charge < -0.3 is 15.7 Å². The lowest BCUT2D eigenvalue weighted by atomic mass is 10.1. The molecule has 0 aliphatic carbocycles. The average molecular weight is 728 g/mol. The maximum Gasteiger partial charge on any atom is 0.259 e. The number of aromatic amines is 2. The molecule has 4 heterocycles. The van der Waals surface area contributed by atoms with E-state index in [1.807, 2.05) is 6.07 Å². The summed E-state index contributed by atoms with van der Waals surface area (Å²) in [5.74, 6) is -0.720. The molecule has 15 heteroatoms. The quantitative estimate of drug-likeness (QED) is 0.173. The Balaban J connectivity index is 0.000000154. The Kier molecular flexibility index (Phi) is 8.10. The number of aromatic nitrogens is 6. The van der Waals surface area contributed by atoms with Crippen molar-refractivity contribution in [2.45, 2.75) is 0 Å². The van der Waals surface area contributed by atoms with Crippen LogP contribution in [0.25, 0.3) is 55.6 Å². The van der Waals surface area contributed by atoms with Crippen LogP contribution in [0.2, 0.25) is 20.1 Å². The van der Waals surface area contributed by atoms with Crippen molar-refractivity contribution in [1.82, 2.24) is 29.2 Å². The van der Waals surface area contributed by atoms with Gasteiger partial charge in [-0.3, -0.25) is 14.4 Å². The molecule has 4 aromatic heterocycles. The number of hydrogen-bond acceptors (Lipinski definition) is 6. The van der Waals surface area contributed by atoms with Gasteiger partial charge in [0, 0.05) is 21.2 Å². The van der Waals surface area contributed by atoms with E-state index in [1.54, 1.807) is 83.4 Å². The van der Waals surface area contributed by atoms with Gasteiger partial charge in [0.25, 0.3) is 17.0 Å². The van der Waals surface area contributed by atoms with E-state index in [1.165, 1.54) is 4.52 Å². The van der Waals surface area contributed by atoms with Crippen molar-refractivity contribution in [2.24, 2.45) is 5.73 Å². The van der Waals surface area contributed by atoms with Crippen molar-refractivity contribution in [3.8, 4) is 28.6 Å². The highest BCUT2D eigenvalue weighted by Gasteiger charge is 2.23. The summed E-state index contributed by atoms with van der Waals surface area (Å²) in [5, 5.41) is 21.2. The molecule has 8 rings (SSSR count). The molecular weight excluding hydrogens is 710 g/mol. The molecule has 1 amide bonds. The number of nitrogens with two attached hydrogens (primary N) is 1. The van der Waals surface area contributed by atoms with Gasteiger partial charge in [-0.2, -0.15) is 15.5 Å². The minimum Gasteiger partial charge on any atom is -0.365 e. The number of hydrogen-bond donors (Lipinski definition) is 3. The molecule has 0 fully saturated rings. The van der Waals surface area contributed by atoms with Gasteiger partial charge in [0.1, 0.15) is 34.2 Å². The maximum atomic E-state index is 12.3. The summed E-state index contributed by atoms with van der Waals surface area (Å²) in [6, 6.07) is 25.9. The standard InChI is InChI=1S/C17H10Cl2N4O2.C17H8Cl2N4O/c18-8-5-6-9(11(19)7-8)14-13(15(20)24)16-21-17(25)10-3-1-2-4-12(10)23(16)22-14;18-9-5-6-10(13(19)7-9)15-12(8-20)16-21-17(24)11-3-1-2-4-14(11)23(16)22-15/h1-7H,(H2,20,24)(H,21,25);1-7H,(H,21,24). The predicted molar refractivity (Wildman–Crippen MR) is 191 cm³/mol. The van der Waals surface area contributed by atoms with E-state index in [9.17, 15) is 19.6 Å². The number of carbonyl (C=O) groups excluding carboxylic acids is 1. The molecule has 240 valence electrons. The van der Waals surface area contributed by atoms with Gasteiger partial charge in [-0.05, 0) is 60.7 Å². The Bertz CT molecular complexity index is 2830. The highest BCUT2D eigenvalue weighted by atomic mass is 35.5. The topological polar surface area (TPSA) is 167 Å². The number of rotatable bonds is 3. The van der Waals surface area contributed by atoms with Crippen LogP contribution in [0.3, 0.4) is 0 Å². The van der Waals surface area contributed by atoms with E-state index in [0.29, 0.717) is 64.4 Å². The molecule has 0 saturated heterocycles. The molecule has 8 aromatic rings. The van der Waals surface area contributed by atoms with Gasteiger partial charge in [-0.25, -0.2) is 9.03 Å². The van der Waals surface area contributed by atoms with Crippen molar-refractivity contribution in [1.29, 1.82) is 5.26 Å². The first-order valence-electron chi connectivity index (χ1n) is 14.3. The molecule has 0 aliphatic rings. The monoisotopic (exact) mass is 726 g/mol. The molecule has 0 bridgehead atoms. The van der Waals surface area contributed by atoms with Gasteiger partial charge in [0.2, 0.25) is 0 Å². The molecule has 4 N–H and O–H groups in total. The van der Waals surface area contributed by atoms with Crippen LogP contribution < -0.4 is 16.9 Å². The normalized spacial score (nSPS) is 11.2. The molecule has 49 heavy (non-hydrogen) atoms. The fraction of sp³-hybridized carbons (Fsp3) is 0. The maximum absolute atomic E-state index is 12.3. The summed E-state index contributed by atoms with van der Waals surface area (Å²) in [4.78, 5) is 42.1. The fourth-order valence-electron chi connectivity index (χ4n) is 5.55. The first kappa shape index (κ1) is 31.9. The number of benzene rings is 4. The van der Waals surface area contributed by atoms with Crippen LogP contribution in [0.4, 0.5) is 0 Å². The highest BCUT2D eigenvalue weighted by Crippen LogP contribution is 2.34. The van der Waals surface area contributed by atoms with E-state index in [-0.39, 0.29) is 33.6 Å². The van der Waals surface area contributed by atoms with Crippen molar-refractivity contribution in [3.63, 3.8) is 0 Å². The molecule has 0 aliphatic heterocycles. The number of amides is 1. The summed E-state index contributed by atoms with van der Waals surface area (Å²) in [6.07, 6.45) is 0. The zero-order valence-corrected chi connectivity index (χ0v) is 27.7. The second-order valence-electron chi connectivity index (χ2n) is 10.6. The van der Waals surface area contributed by atoms with Gasteiger partial charge in [0.15, 0.2) is 5.65 Å². The predicted octanol–water partition coefficient (Wildman–Crippen LogP) is 7.27. The molecule has 0 spiro atoms. The molecule has 4 aromatic carbocycles. The third-order valence-electron chi connectivity index (χ3n) is 7.72. The summed E-state index contributed by atoms with van der Waals surface area (Å²) < 4.78 is 3.03. The van der Waals surface area contributed by atoms with Crippen LogP contribution in [0, 0.1) is 11.3 Å². The van der Waals surface area contributed by atoms with Crippen molar-refractivity contribution in [2.75, 3.05) is 0 Å². The van der Waals surface area contributed by atoms with Crippen LogP contribution in [0.15, 0.2) is 94.5 Å². The minimum atomic E-state index is -0.720. The lowest BCUT2D eigenvalue weighted by Gasteiger charge is -2.03. The van der Waals surface area contributed by atoms with E-state index in [4.69, 9.17) is 52.1 Å². The summed E-state index contributed by atoms with van der Waals surface area (Å²) >= 11 is 24.4. The van der Waals surface area contributed by atoms with E-state index < -0.39 is 5.91 Å². The summed E-state index contributed by atoms with van der Waals surface area (Å²) in [6.45, 7) is 0. The number of fused-ring (bicyclic) bond motifs is 6. The smallest absolute Gasteiger partial charge is 0.259 e. The largest absolute Gasteiger partial charge is 0.365 e. The number of nitriles is 1. The zero-order chi connectivity index (χ0) is 34.6. The Labute approximate surface area is 294 Å². The van der Waals surface area contributed by atoms with Crippen LogP contribution in [-0.2, 0) is 0 Å². The van der Waals surface area contributed by atoms with Gasteiger partial charge in [-0.15, -0.1) is 0 Å². The van der Waals surface area contributed by atoms with Crippen LogP contribution >= 0.6 is 46.4 Å². The second kappa shape index (κ2) is 12.4. The van der Waals surface area contributed by atoms with Crippen LogP contribution in [0.5, 0.6) is 0 Å². The molecule has 11 nitrogen and oxygen atoms in total. The number of para-hydroxylation sites is 2. The Hall–Kier alpha value is -5.64. The fourth-order valence-corrected chi connectivity index (χ4v) is 6.54. The number of carbonyl (C=O) groups is 1. The molecule has 0 radical (unpaired) electrons. The van der Waals surface area contributed by atoms with Gasteiger partial charge in [0.05, 0.1) is 31.9 Å². The first-order valence-corrected chi connectivity index (χ1v) is 15.8. The van der Waals surface area contributed by atoms with E-state index in [2.05, 4.69) is 26.2 Å². The van der Waals surface area contributed by atoms with Crippen molar-refractivity contribution < 1.29 is 4.79 Å². The SMILES string of the molecule is N#Cc1c(-c2ccc(Cl)cc2Cl)nn2c1[nH]c(=O)c1ccccc12.NC(=O)c1c(-c2ccc(Cl)cc2Cl)nn2c1[nH]c(=O)c1ccccc12. The Morgan fingerprint density at radius 3 is 1.67 bits per heavy atom. The summed E-state index contributed by atoms with van der Waals surface area (Å²) in [7, 11) is 0. The second-order valence-corrected chi connectivity index (χ2v) is 12.3. The number of H-pyrrole nitrogens is 2. The van der Waals surface area contributed by atoms with E-state index >= 15 is 0 Å². The Morgan fingerprint density at radius 1 is 0.694 bits per heavy atom. The van der Waals surface area contributed by atoms with Gasteiger partial charge >= 0.3 is 0 Å². The van der Waals surface area contributed by atoms with Crippen molar-refractivity contribution >= 4 is 85.4 Å². The number of nitrogens with one attached hydrogen (secondary N) is 2. The molecular formula is C34H18Cl4N8O3. The molecule has 0 unspecified atom stereocenters. The lowest BCUT2D eigenvalue weighted by molar-refractivity contribution is 0.100. The van der Waals surface area contributed by atoms with Gasteiger partial charge in [-0.1, -0.05) is 70.7 Å². The number of primary amides is 1. The third kappa shape index (κ3) is 5.47. The molecule has 0 atom stereocenters. The van der Waals surface area contributed by atoms with Crippen LogP contribution in [0.1, 0.15) is 15.9 Å². The Morgan fingerprint density at radius 2 is 1.16 bits per heavy atom. The number of nitrogens with zero attached hydrogens (tertiary/aromatic N) is 5. The zero-order valence-electron chi connectivity index (χ0n) is 24.6. The third-order valence-corrected chi connectivity index (χ3v) is 8.81. The first-order chi connectivity index (χ1) is 23.6. The lowest BCUT2D eigenvalue weighted by Crippen LogP contribution is -2.15. The minimum absolute atomic E-state index is 0.0899.